The van der Waals surface area contributed by atoms with E-state index in [4.69, 9.17) is 11.6 Å². The number of halogens is 7. The van der Waals surface area contributed by atoms with Crippen molar-refractivity contribution in [2.45, 2.75) is 11.3 Å². The molecule has 0 aliphatic rings. The zero-order valence-corrected chi connectivity index (χ0v) is 16.4. The Labute approximate surface area is 175 Å². The van der Waals surface area contributed by atoms with Crippen LogP contribution in [0.15, 0.2) is 29.3 Å². The van der Waals surface area contributed by atoms with Crippen LogP contribution in [0.1, 0.15) is 0 Å². The third kappa shape index (κ3) is 4.90. The minimum Gasteiger partial charge on any atom is -0.486 e. The molecule has 0 spiro atoms. The predicted octanol–water partition coefficient (Wildman–Crippen LogP) is 4.54. The lowest BCUT2D eigenvalue weighted by Gasteiger charge is -2.12. The number of ether oxygens (including phenoxy) is 2. The van der Waals surface area contributed by atoms with Gasteiger partial charge in [-0.3, -0.25) is 4.72 Å². The van der Waals surface area contributed by atoms with Crippen molar-refractivity contribution in [1.82, 2.24) is 9.97 Å². The summed E-state index contributed by atoms with van der Waals surface area (Å²) in [6.07, 6.45) is -4.31. The third-order valence-corrected chi connectivity index (χ3v) is 5.37. The second kappa shape index (κ2) is 8.34. The Hall–Kier alpha value is -2.87. The van der Waals surface area contributed by atoms with E-state index in [0.717, 1.165) is 18.3 Å². The number of hydrogen-bond donors (Lipinski definition) is 2. The van der Waals surface area contributed by atoms with E-state index in [1.165, 1.54) is 0 Å². The molecule has 3 aromatic rings. The van der Waals surface area contributed by atoms with Crippen molar-refractivity contribution in [1.29, 1.82) is 0 Å². The van der Waals surface area contributed by atoms with Gasteiger partial charge >= 0.3 is 6.36 Å². The molecular formula is C16H10ClF6N3O4S. The van der Waals surface area contributed by atoms with Gasteiger partial charge in [-0.05, 0) is 12.1 Å². The number of rotatable bonds is 7. The molecule has 0 atom stereocenters. The highest BCUT2D eigenvalue weighted by Crippen LogP contribution is 2.39. The van der Waals surface area contributed by atoms with Crippen LogP contribution in [-0.4, -0.2) is 38.0 Å². The first-order valence-corrected chi connectivity index (χ1v) is 9.92. The van der Waals surface area contributed by atoms with Crippen LogP contribution < -0.4 is 14.2 Å². The maximum absolute atomic E-state index is 14.1. The fraction of sp³-hybridized carbons (Fsp3) is 0.188. The summed E-state index contributed by atoms with van der Waals surface area (Å²) in [6, 6.07) is 2.51. The van der Waals surface area contributed by atoms with Gasteiger partial charge in [-0.1, -0.05) is 11.6 Å². The molecule has 0 fully saturated rings. The standard InChI is InChI=1S/C16H10ClF6N3O4S/c17-8-2-1-7-11(6-24-12(7)13(8)30-16(21,22)23)31(27,28)26-15-9(19)5-10(14(20)25-15)29-4-3-18/h1-2,5-6,24H,3-4H2,(H,25,26). The second-order valence-corrected chi connectivity index (χ2v) is 7.81. The summed E-state index contributed by atoms with van der Waals surface area (Å²) in [5.41, 5.74) is -0.403. The summed E-state index contributed by atoms with van der Waals surface area (Å²) in [5, 5.41) is -0.734. The molecule has 2 heterocycles. The predicted molar refractivity (Wildman–Crippen MR) is 96.4 cm³/mol. The maximum Gasteiger partial charge on any atom is 0.573 e. The number of pyridine rings is 1. The first-order chi connectivity index (χ1) is 14.4. The van der Waals surface area contributed by atoms with Crippen LogP contribution in [0.25, 0.3) is 10.9 Å². The highest BCUT2D eigenvalue weighted by Gasteiger charge is 2.34. The SMILES string of the molecule is O=S(=O)(Nc1nc(F)c(OCCF)cc1F)c1c[nH]c2c(OC(F)(F)F)c(Cl)ccc12. The van der Waals surface area contributed by atoms with Crippen molar-refractivity contribution in [3.05, 3.63) is 41.2 Å². The fourth-order valence-corrected chi connectivity index (χ4v) is 3.89. The topological polar surface area (TPSA) is 93.3 Å². The van der Waals surface area contributed by atoms with E-state index < -0.39 is 74.2 Å². The first-order valence-electron chi connectivity index (χ1n) is 8.06. The number of alkyl halides is 4. The summed E-state index contributed by atoms with van der Waals surface area (Å²) in [5.74, 6) is -5.44. The number of sulfonamides is 1. The highest BCUT2D eigenvalue weighted by atomic mass is 35.5. The number of hydrogen-bond acceptors (Lipinski definition) is 5. The van der Waals surface area contributed by atoms with Gasteiger partial charge < -0.3 is 14.5 Å². The fourth-order valence-electron chi connectivity index (χ4n) is 2.51. The summed E-state index contributed by atoms with van der Waals surface area (Å²) in [6.45, 7) is -1.57. The molecule has 15 heteroatoms. The van der Waals surface area contributed by atoms with Gasteiger partial charge in [-0.25, -0.2) is 17.2 Å². The van der Waals surface area contributed by atoms with Crippen LogP contribution in [0.4, 0.5) is 32.2 Å². The van der Waals surface area contributed by atoms with Gasteiger partial charge in [0.1, 0.15) is 18.2 Å². The summed E-state index contributed by atoms with van der Waals surface area (Å²) < 4.78 is 113. The lowest BCUT2D eigenvalue weighted by atomic mass is 10.2. The molecule has 31 heavy (non-hydrogen) atoms. The Morgan fingerprint density at radius 1 is 1.23 bits per heavy atom. The van der Waals surface area contributed by atoms with Gasteiger partial charge in [-0.2, -0.15) is 9.37 Å². The lowest BCUT2D eigenvalue weighted by Crippen LogP contribution is -2.17. The van der Waals surface area contributed by atoms with Gasteiger partial charge in [0.15, 0.2) is 23.1 Å². The van der Waals surface area contributed by atoms with E-state index in [0.29, 0.717) is 6.07 Å². The van der Waals surface area contributed by atoms with Crippen molar-refractivity contribution in [3.63, 3.8) is 0 Å². The number of benzene rings is 1. The minimum atomic E-state index is -5.11. The number of aromatic amines is 1. The largest absolute Gasteiger partial charge is 0.573 e. The number of aromatic nitrogens is 2. The Morgan fingerprint density at radius 3 is 2.58 bits per heavy atom. The van der Waals surface area contributed by atoms with Crippen molar-refractivity contribution < 1.29 is 44.2 Å². The monoisotopic (exact) mass is 489 g/mol. The van der Waals surface area contributed by atoms with Gasteiger partial charge in [0.25, 0.3) is 16.0 Å². The second-order valence-electron chi connectivity index (χ2n) is 5.75. The molecule has 0 aliphatic heterocycles. The van der Waals surface area contributed by atoms with E-state index in [2.05, 4.69) is 19.4 Å². The number of H-pyrrole nitrogens is 1. The molecule has 0 aliphatic carbocycles. The molecule has 0 amide bonds. The molecule has 0 unspecified atom stereocenters. The molecule has 2 aromatic heterocycles. The smallest absolute Gasteiger partial charge is 0.486 e. The van der Waals surface area contributed by atoms with Crippen LogP contribution in [0, 0.1) is 11.8 Å². The average molecular weight is 490 g/mol. The van der Waals surface area contributed by atoms with Crippen molar-refractivity contribution in [3.8, 4) is 11.5 Å². The Balaban J connectivity index is 2.00. The average Bonchev–Trinajstić information content (AvgIpc) is 3.10. The number of anilines is 1. The molecule has 7 nitrogen and oxygen atoms in total. The molecule has 0 bridgehead atoms. The summed E-state index contributed by atoms with van der Waals surface area (Å²) in [4.78, 5) is 4.77. The Kier molecular flexibility index (Phi) is 6.14. The molecule has 3 rings (SSSR count). The summed E-state index contributed by atoms with van der Waals surface area (Å²) in [7, 11) is -4.67. The van der Waals surface area contributed by atoms with Crippen LogP contribution >= 0.6 is 11.6 Å². The summed E-state index contributed by atoms with van der Waals surface area (Å²) >= 11 is 5.71. The molecule has 2 N–H and O–H groups in total. The van der Waals surface area contributed by atoms with Gasteiger partial charge in [0, 0.05) is 17.6 Å². The van der Waals surface area contributed by atoms with Crippen LogP contribution in [0.5, 0.6) is 11.5 Å². The first kappa shape index (κ1) is 22.8. The quantitative estimate of drug-likeness (QED) is 0.375. The normalized spacial score (nSPS) is 12.2. The lowest BCUT2D eigenvalue weighted by molar-refractivity contribution is -0.274. The van der Waals surface area contributed by atoms with Crippen LogP contribution in [0.2, 0.25) is 5.02 Å². The molecule has 168 valence electrons. The minimum absolute atomic E-state index is 0.278. The number of fused-ring (bicyclic) bond motifs is 1. The van der Waals surface area contributed by atoms with E-state index in [1.54, 1.807) is 4.72 Å². The van der Waals surface area contributed by atoms with Crippen molar-refractivity contribution >= 4 is 38.3 Å². The third-order valence-electron chi connectivity index (χ3n) is 3.69. The van der Waals surface area contributed by atoms with E-state index in [9.17, 15) is 34.8 Å². The van der Waals surface area contributed by atoms with E-state index in [1.807, 2.05) is 0 Å². The van der Waals surface area contributed by atoms with Crippen molar-refractivity contribution in [2.75, 3.05) is 18.0 Å². The van der Waals surface area contributed by atoms with E-state index >= 15 is 0 Å². The maximum atomic E-state index is 14.1. The number of nitrogens with one attached hydrogen (secondary N) is 2. The zero-order chi connectivity index (χ0) is 23.0. The number of nitrogens with zero attached hydrogens (tertiary/aromatic N) is 1. The van der Waals surface area contributed by atoms with E-state index in [-0.39, 0.29) is 5.39 Å². The highest BCUT2D eigenvalue weighted by molar-refractivity contribution is 7.93. The molecule has 1 aromatic carbocycles. The zero-order valence-electron chi connectivity index (χ0n) is 14.9. The molecule has 0 saturated carbocycles. The Morgan fingerprint density at radius 2 is 1.94 bits per heavy atom. The molecule has 0 radical (unpaired) electrons. The van der Waals surface area contributed by atoms with Gasteiger partial charge in [-0.15, -0.1) is 13.2 Å². The van der Waals surface area contributed by atoms with Crippen molar-refractivity contribution in [2.24, 2.45) is 0 Å². The van der Waals surface area contributed by atoms with Gasteiger partial charge in [0.05, 0.1) is 10.5 Å². The molecular weight excluding hydrogens is 480 g/mol. The van der Waals surface area contributed by atoms with Crippen LogP contribution in [0.3, 0.4) is 0 Å². The Bertz CT molecular complexity index is 1230. The van der Waals surface area contributed by atoms with Gasteiger partial charge in [0.2, 0.25) is 0 Å². The molecule has 0 saturated heterocycles. The van der Waals surface area contributed by atoms with Crippen LogP contribution in [-0.2, 0) is 10.0 Å².